The van der Waals surface area contributed by atoms with E-state index in [2.05, 4.69) is 4.99 Å². The van der Waals surface area contributed by atoms with Crippen molar-refractivity contribution in [1.29, 1.82) is 0 Å². The van der Waals surface area contributed by atoms with Crippen molar-refractivity contribution in [3.63, 3.8) is 0 Å². The van der Waals surface area contributed by atoms with Crippen LogP contribution in [0.4, 0.5) is 13.2 Å². The number of esters is 1. The molecule has 1 heterocycles. The van der Waals surface area contributed by atoms with Gasteiger partial charge >= 0.3 is 12.1 Å². The van der Waals surface area contributed by atoms with E-state index >= 15 is 0 Å². The minimum absolute atomic E-state index is 0.0484. The van der Waals surface area contributed by atoms with E-state index in [1.165, 1.54) is 12.1 Å². The van der Waals surface area contributed by atoms with Crippen molar-refractivity contribution < 1.29 is 27.4 Å². The summed E-state index contributed by atoms with van der Waals surface area (Å²) in [5, 5.41) is 0. The lowest BCUT2D eigenvalue weighted by molar-refractivity contribution is -0.162. The van der Waals surface area contributed by atoms with Gasteiger partial charge in [0.25, 0.3) is 0 Å². The third-order valence-electron chi connectivity index (χ3n) is 4.34. The summed E-state index contributed by atoms with van der Waals surface area (Å²) in [5.41, 5.74) is -1.60. The Hall–Kier alpha value is -2.83. The zero-order valence-electron chi connectivity index (χ0n) is 16.4. The number of nitrogens with zero attached hydrogens (tertiary/aromatic N) is 1. The topological polar surface area (TPSA) is 47.9 Å². The molecule has 0 bridgehead atoms. The van der Waals surface area contributed by atoms with Crippen molar-refractivity contribution in [3.8, 4) is 0 Å². The fourth-order valence-corrected chi connectivity index (χ4v) is 2.96. The van der Waals surface area contributed by atoms with Crippen LogP contribution in [0.15, 0.2) is 59.6 Å². The van der Waals surface area contributed by atoms with Crippen molar-refractivity contribution in [2.75, 3.05) is 6.61 Å². The van der Waals surface area contributed by atoms with E-state index in [-0.39, 0.29) is 13.0 Å². The van der Waals surface area contributed by atoms with Crippen LogP contribution >= 0.6 is 0 Å². The normalized spacial score (nSPS) is 19.4. The maximum atomic E-state index is 13.0. The number of benzene rings is 2. The van der Waals surface area contributed by atoms with Crippen LogP contribution in [-0.2, 0) is 26.9 Å². The molecule has 0 saturated heterocycles. The van der Waals surface area contributed by atoms with Crippen LogP contribution in [0.25, 0.3) is 0 Å². The average molecular weight is 405 g/mol. The lowest BCUT2D eigenvalue weighted by atomic mass is 9.91. The number of rotatable bonds is 4. The number of alkyl halides is 3. The standard InChI is InChI=1S/C22H22F3NO3/c1-20(2,3)29-19(27)21(13-15-9-11-17(12-10-15)22(23,24)25)14-28-18(26-21)16-7-5-4-6-8-16/h4-12H,13-14H2,1-3H3/t21-/m0/s1. The molecule has 0 spiro atoms. The molecule has 3 rings (SSSR count). The smallest absolute Gasteiger partial charge is 0.416 e. The summed E-state index contributed by atoms with van der Waals surface area (Å²) < 4.78 is 49.8. The van der Waals surface area contributed by atoms with Gasteiger partial charge in [0.1, 0.15) is 12.2 Å². The molecule has 0 unspecified atom stereocenters. The molecule has 2 aromatic rings. The van der Waals surface area contributed by atoms with Crippen molar-refractivity contribution in [2.45, 2.75) is 44.5 Å². The fourth-order valence-electron chi connectivity index (χ4n) is 2.96. The van der Waals surface area contributed by atoms with Gasteiger partial charge in [-0.1, -0.05) is 30.3 Å². The van der Waals surface area contributed by atoms with Gasteiger partial charge in [-0.25, -0.2) is 9.79 Å². The first-order chi connectivity index (χ1) is 13.5. The third kappa shape index (κ3) is 4.96. The molecule has 0 amide bonds. The number of hydrogen-bond donors (Lipinski definition) is 0. The summed E-state index contributed by atoms with van der Waals surface area (Å²) in [6.45, 7) is 5.18. The molecule has 29 heavy (non-hydrogen) atoms. The Bertz CT molecular complexity index is 900. The number of hydrogen-bond acceptors (Lipinski definition) is 4. The Morgan fingerprint density at radius 3 is 2.24 bits per heavy atom. The van der Waals surface area contributed by atoms with E-state index in [4.69, 9.17) is 9.47 Å². The fraction of sp³-hybridized carbons (Fsp3) is 0.364. The lowest BCUT2D eigenvalue weighted by Gasteiger charge is -2.28. The van der Waals surface area contributed by atoms with Crippen LogP contribution in [0.3, 0.4) is 0 Å². The van der Waals surface area contributed by atoms with E-state index in [1.807, 2.05) is 30.3 Å². The molecule has 0 radical (unpaired) electrons. The molecular formula is C22H22F3NO3. The maximum Gasteiger partial charge on any atom is 0.416 e. The van der Waals surface area contributed by atoms with Gasteiger partial charge in [0.2, 0.25) is 5.90 Å². The van der Waals surface area contributed by atoms with Gasteiger partial charge in [0, 0.05) is 12.0 Å². The van der Waals surface area contributed by atoms with Gasteiger partial charge in [0.05, 0.1) is 5.56 Å². The Kier molecular flexibility index (Phi) is 5.43. The van der Waals surface area contributed by atoms with Gasteiger partial charge in [0.15, 0.2) is 5.54 Å². The minimum atomic E-state index is -4.42. The molecule has 0 saturated carbocycles. The van der Waals surface area contributed by atoms with Crippen LogP contribution in [0.5, 0.6) is 0 Å². The highest BCUT2D eigenvalue weighted by atomic mass is 19.4. The molecule has 0 aromatic heterocycles. The second-order valence-corrected chi connectivity index (χ2v) is 7.98. The summed E-state index contributed by atoms with van der Waals surface area (Å²) in [6.07, 6.45) is -4.35. The molecule has 0 aliphatic carbocycles. The largest absolute Gasteiger partial charge is 0.474 e. The second kappa shape index (κ2) is 7.54. The third-order valence-corrected chi connectivity index (χ3v) is 4.34. The van der Waals surface area contributed by atoms with Gasteiger partial charge in [-0.05, 0) is 50.6 Å². The monoisotopic (exact) mass is 405 g/mol. The van der Waals surface area contributed by atoms with E-state index in [9.17, 15) is 18.0 Å². The summed E-state index contributed by atoms with van der Waals surface area (Å²) >= 11 is 0. The number of carbonyl (C=O) groups excluding carboxylic acids is 1. The SMILES string of the molecule is CC(C)(C)OC(=O)[C@]1(Cc2ccc(C(F)(F)F)cc2)COC(c2ccccc2)=N1. The maximum absolute atomic E-state index is 13.0. The second-order valence-electron chi connectivity index (χ2n) is 7.98. The Balaban J connectivity index is 1.94. The van der Waals surface area contributed by atoms with E-state index in [1.54, 1.807) is 20.8 Å². The molecule has 2 aromatic carbocycles. The quantitative estimate of drug-likeness (QED) is 0.686. The average Bonchev–Trinajstić information content (AvgIpc) is 3.06. The Labute approximate surface area is 167 Å². The first-order valence-corrected chi connectivity index (χ1v) is 9.16. The predicted molar refractivity (Wildman–Crippen MR) is 103 cm³/mol. The van der Waals surface area contributed by atoms with Crippen LogP contribution in [0, 0.1) is 0 Å². The molecule has 0 fully saturated rings. The Morgan fingerprint density at radius 2 is 1.69 bits per heavy atom. The zero-order chi connectivity index (χ0) is 21.3. The van der Waals surface area contributed by atoms with Crippen LogP contribution in [0.2, 0.25) is 0 Å². The summed E-state index contributed by atoms with van der Waals surface area (Å²) in [5.74, 6) is -0.265. The van der Waals surface area contributed by atoms with E-state index in [0.29, 0.717) is 17.0 Å². The van der Waals surface area contributed by atoms with Crippen molar-refractivity contribution in [3.05, 3.63) is 71.3 Å². The van der Waals surface area contributed by atoms with Gasteiger partial charge < -0.3 is 9.47 Å². The van der Waals surface area contributed by atoms with Crippen LogP contribution in [-0.4, -0.2) is 29.6 Å². The number of ether oxygens (including phenoxy) is 2. The van der Waals surface area contributed by atoms with Gasteiger partial charge in [-0.2, -0.15) is 13.2 Å². The van der Waals surface area contributed by atoms with Crippen LogP contribution < -0.4 is 0 Å². The number of carbonyl (C=O) groups is 1. The van der Waals surface area contributed by atoms with Crippen LogP contribution in [0.1, 0.15) is 37.5 Å². The first-order valence-electron chi connectivity index (χ1n) is 9.16. The molecule has 4 nitrogen and oxygen atoms in total. The summed E-state index contributed by atoms with van der Waals surface area (Å²) in [4.78, 5) is 17.5. The molecule has 1 aliphatic heterocycles. The minimum Gasteiger partial charge on any atom is -0.474 e. The highest BCUT2D eigenvalue weighted by molar-refractivity contribution is 5.99. The number of aliphatic imine (C=N–C) groups is 1. The Morgan fingerprint density at radius 1 is 1.07 bits per heavy atom. The highest BCUT2D eigenvalue weighted by Crippen LogP contribution is 2.32. The zero-order valence-corrected chi connectivity index (χ0v) is 16.4. The van der Waals surface area contributed by atoms with Crippen molar-refractivity contribution in [2.24, 2.45) is 4.99 Å². The molecular weight excluding hydrogens is 383 g/mol. The van der Waals surface area contributed by atoms with Gasteiger partial charge in [-0.15, -0.1) is 0 Å². The lowest BCUT2D eigenvalue weighted by Crippen LogP contribution is -2.45. The van der Waals surface area contributed by atoms with Gasteiger partial charge in [-0.3, -0.25) is 0 Å². The molecule has 1 aliphatic rings. The van der Waals surface area contributed by atoms with E-state index in [0.717, 1.165) is 12.1 Å². The van der Waals surface area contributed by atoms with Crippen molar-refractivity contribution >= 4 is 11.9 Å². The van der Waals surface area contributed by atoms with E-state index < -0.39 is 28.8 Å². The molecule has 0 N–H and O–H groups in total. The molecule has 7 heteroatoms. The summed E-state index contributed by atoms with van der Waals surface area (Å²) in [6, 6.07) is 13.8. The summed E-state index contributed by atoms with van der Waals surface area (Å²) in [7, 11) is 0. The number of halogens is 3. The molecule has 154 valence electrons. The van der Waals surface area contributed by atoms with Crippen molar-refractivity contribution in [1.82, 2.24) is 0 Å². The first kappa shape index (κ1) is 20.9. The molecule has 1 atom stereocenters. The highest BCUT2D eigenvalue weighted by Gasteiger charge is 2.47. The predicted octanol–water partition coefficient (Wildman–Crippen LogP) is 4.81.